The maximum atomic E-state index is 12.0. The SMILES string of the molecule is CC(C)(C)OC(=O)NC1CCCCC1C(=O)NCC#N. The van der Waals surface area contributed by atoms with Crippen molar-refractivity contribution in [3.05, 3.63) is 0 Å². The van der Waals surface area contributed by atoms with Gasteiger partial charge in [0.15, 0.2) is 0 Å². The summed E-state index contributed by atoms with van der Waals surface area (Å²) in [7, 11) is 0. The maximum Gasteiger partial charge on any atom is 0.407 e. The van der Waals surface area contributed by atoms with Gasteiger partial charge in [-0.3, -0.25) is 4.79 Å². The fourth-order valence-electron chi connectivity index (χ4n) is 2.33. The molecule has 0 saturated heterocycles. The van der Waals surface area contributed by atoms with E-state index < -0.39 is 11.7 Å². The molecule has 1 rings (SSSR count). The van der Waals surface area contributed by atoms with Crippen LogP contribution in [0.4, 0.5) is 4.79 Å². The van der Waals surface area contributed by atoms with Crippen LogP contribution in [-0.2, 0) is 9.53 Å². The van der Waals surface area contributed by atoms with Gasteiger partial charge in [0.25, 0.3) is 0 Å². The Morgan fingerprint density at radius 3 is 2.55 bits per heavy atom. The van der Waals surface area contributed by atoms with Crippen LogP contribution in [0.5, 0.6) is 0 Å². The lowest BCUT2D eigenvalue weighted by Gasteiger charge is -2.31. The first-order chi connectivity index (χ1) is 9.33. The van der Waals surface area contributed by atoms with E-state index in [4.69, 9.17) is 10.00 Å². The number of hydrogen-bond donors (Lipinski definition) is 2. The first kappa shape index (κ1) is 16.3. The molecule has 1 saturated carbocycles. The van der Waals surface area contributed by atoms with Crippen LogP contribution in [0.15, 0.2) is 0 Å². The highest BCUT2D eigenvalue weighted by atomic mass is 16.6. The minimum absolute atomic E-state index is 0.00547. The summed E-state index contributed by atoms with van der Waals surface area (Å²) in [5.41, 5.74) is -0.558. The van der Waals surface area contributed by atoms with E-state index in [-0.39, 0.29) is 24.4 Å². The van der Waals surface area contributed by atoms with Crippen LogP contribution in [-0.4, -0.2) is 30.2 Å². The Kier molecular flexibility index (Phi) is 5.81. The lowest BCUT2D eigenvalue weighted by atomic mass is 9.84. The number of nitriles is 1. The van der Waals surface area contributed by atoms with Crippen LogP contribution in [0.25, 0.3) is 0 Å². The number of amides is 2. The number of nitrogens with one attached hydrogen (secondary N) is 2. The molecule has 0 bridgehead atoms. The maximum absolute atomic E-state index is 12.0. The Morgan fingerprint density at radius 1 is 1.30 bits per heavy atom. The fraction of sp³-hybridized carbons (Fsp3) is 0.786. The van der Waals surface area contributed by atoms with E-state index in [1.54, 1.807) is 20.8 Å². The first-order valence-electron chi connectivity index (χ1n) is 6.97. The van der Waals surface area contributed by atoms with E-state index in [1.807, 2.05) is 6.07 Å². The monoisotopic (exact) mass is 281 g/mol. The van der Waals surface area contributed by atoms with Crippen molar-refractivity contribution in [3.8, 4) is 6.07 Å². The van der Waals surface area contributed by atoms with Crippen molar-refractivity contribution in [1.82, 2.24) is 10.6 Å². The Hall–Kier alpha value is -1.77. The highest BCUT2D eigenvalue weighted by molar-refractivity contribution is 5.80. The molecule has 0 aliphatic heterocycles. The molecule has 1 aliphatic carbocycles. The normalized spacial score (nSPS) is 22.5. The van der Waals surface area contributed by atoms with Gasteiger partial charge in [0.2, 0.25) is 5.91 Å². The lowest BCUT2D eigenvalue weighted by Crippen LogP contribution is -2.49. The second-order valence-electron chi connectivity index (χ2n) is 6.02. The van der Waals surface area contributed by atoms with E-state index >= 15 is 0 Å². The third-order valence-electron chi connectivity index (χ3n) is 3.15. The van der Waals surface area contributed by atoms with Crippen LogP contribution >= 0.6 is 0 Å². The summed E-state index contributed by atoms with van der Waals surface area (Å²) in [5, 5.41) is 13.8. The van der Waals surface area contributed by atoms with Crippen molar-refractivity contribution in [3.63, 3.8) is 0 Å². The summed E-state index contributed by atoms with van der Waals surface area (Å²) in [6, 6.07) is 1.66. The van der Waals surface area contributed by atoms with Gasteiger partial charge < -0.3 is 15.4 Å². The molecule has 1 fully saturated rings. The number of carbonyl (C=O) groups is 2. The Bertz CT molecular complexity index is 395. The molecule has 0 spiro atoms. The molecule has 2 amide bonds. The molecule has 2 unspecified atom stereocenters. The van der Waals surface area contributed by atoms with Gasteiger partial charge >= 0.3 is 6.09 Å². The first-order valence-corrected chi connectivity index (χ1v) is 6.97. The zero-order valence-corrected chi connectivity index (χ0v) is 12.4. The minimum Gasteiger partial charge on any atom is -0.444 e. The molecular formula is C14H23N3O3. The van der Waals surface area contributed by atoms with Crippen LogP contribution < -0.4 is 10.6 Å². The average molecular weight is 281 g/mol. The number of ether oxygens (including phenoxy) is 1. The van der Waals surface area contributed by atoms with Crippen molar-refractivity contribution in [1.29, 1.82) is 5.26 Å². The molecule has 112 valence electrons. The number of hydrogen-bond acceptors (Lipinski definition) is 4. The van der Waals surface area contributed by atoms with Crippen molar-refractivity contribution in [2.24, 2.45) is 5.92 Å². The molecule has 20 heavy (non-hydrogen) atoms. The summed E-state index contributed by atoms with van der Waals surface area (Å²) in [4.78, 5) is 23.8. The fourth-order valence-corrected chi connectivity index (χ4v) is 2.33. The Morgan fingerprint density at radius 2 is 1.95 bits per heavy atom. The van der Waals surface area contributed by atoms with Crippen molar-refractivity contribution >= 4 is 12.0 Å². The van der Waals surface area contributed by atoms with Gasteiger partial charge in [0.05, 0.1) is 12.0 Å². The lowest BCUT2D eigenvalue weighted by molar-refractivity contribution is -0.126. The summed E-state index contributed by atoms with van der Waals surface area (Å²) in [6.45, 7) is 5.38. The van der Waals surface area contributed by atoms with Crippen molar-refractivity contribution in [2.45, 2.75) is 58.1 Å². The van der Waals surface area contributed by atoms with Gasteiger partial charge in [-0.05, 0) is 33.6 Å². The zero-order valence-electron chi connectivity index (χ0n) is 12.4. The van der Waals surface area contributed by atoms with Gasteiger partial charge in [-0.1, -0.05) is 12.8 Å². The summed E-state index contributed by atoms with van der Waals surface area (Å²) < 4.78 is 5.22. The Labute approximate surface area is 119 Å². The third-order valence-corrected chi connectivity index (χ3v) is 3.15. The van der Waals surface area contributed by atoms with Crippen LogP contribution in [0, 0.1) is 17.2 Å². The Balaban J connectivity index is 2.58. The molecule has 6 heteroatoms. The largest absolute Gasteiger partial charge is 0.444 e. The second-order valence-corrected chi connectivity index (χ2v) is 6.02. The van der Waals surface area contributed by atoms with E-state index in [9.17, 15) is 9.59 Å². The highest BCUT2D eigenvalue weighted by Crippen LogP contribution is 2.25. The van der Waals surface area contributed by atoms with Gasteiger partial charge in [-0.15, -0.1) is 0 Å². The molecule has 0 radical (unpaired) electrons. The van der Waals surface area contributed by atoms with Gasteiger partial charge in [0.1, 0.15) is 12.1 Å². The van der Waals surface area contributed by atoms with E-state index in [0.29, 0.717) is 0 Å². The van der Waals surface area contributed by atoms with Crippen LogP contribution in [0.2, 0.25) is 0 Å². The van der Waals surface area contributed by atoms with E-state index in [1.165, 1.54) is 0 Å². The van der Waals surface area contributed by atoms with Gasteiger partial charge in [-0.2, -0.15) is 5.26 Å². The molecule has 0 aromatic carbocycles. The van der Waals surface area contributed by atoms with Crippen molar-refractivity contribution < 1.29 is 14.3 Å². The summed E-state index contributed by atoms with van der Waals surface area (Å²) in [5.74, 6) is -0.461. The van der Waals surface area contributed by atoms with Crippen molar-refractivity contribution in [2.75, 3.05) is 6.54 Å². The van der Waals surface area contributed by atoms with Gasteiger partial charge in [-0.25, -0.2) is 4.79 Å². The van der Waals surface area contributed by atoms with Gasteiger partial charge in [0, 0.05) is 6.04 Å². The standard InChI is InChI=1S/C14H23N3O3/c1-14(2,3)20-13(19)17-11-7-5-4-6-10(11)12(18)16-9-8-15/h10-11H,4-7,9H2,1-3H3,(H,16,18)(H,17,19). The molecular weight excluding hydrogens is 258 g/mol. The van der Waals surface area contributed by atoms with Crippen LogP contribution in [0.3, 0.4) is 0 Å². The minimum atomic E-state index is -0.558. The number of nitrogens with zero attached hydrogens (tertiary/aromatic N) is 1. The summed E-state index contributed by atoms with van der Waals surface area (Å²) in [6.07, 6.45) is 2.91. The third kappa shape index (κ3) is 5.47. The average Bonchev–Trinajstić information content (AvgIpc) is 2.34. The molecule has 0 heterocycles. The van der Waals surface area contributed by atoms with Crippen LogP contribution in [0.1, 0.15) is 46.5 Å². The molecule has 1 aliphatic rings. The summed E-state index contributed by atoms with van der Waals surface area (Å²) >= 11 is 0. The topological polar surface area (TPSA) is 91.2 Å². The smallest absolute Gasteiger partial charge is 0.407 e. The number of rotatable bonds is 3. The molecule has 2 atom stereocenters. The second kappa shape index (κ2) is 7.13. The number of carbonyl (C=O) groups excluding carboxylic acids is 2. The van der Waals surface area contributed by atoms with E-state index in [0.717, 1.165) is 25.7 Å². The highest BCUT2D eigenvalue weighted by Gasteiger charge is 2.32. The molecule has 0 aromatic heterocycles. The number of alkyl carbamates (subject to hydrolysis) is 1. The zero-order chi connectivity index (χ0) is 15.2. The van der Waals surface area contributed by atoms with E-state index in [2.05, 4.69) is 10.6 Å². The predicted octanol–water partition coefficient (Wildman–Crippen LogP) is 1.71. The molecule has 2 N–H and O–H groups in total. The predicted molar refractivity (Wildman–Crippen MR) is 73.7 cm³/mol. The molecule has 6 nitrogen and oxygen atoms in total. The molecule has 0 aromatic rings. The quantitative estimate of drug-likeness (QED) is 0.770.